The van der Waals surface area contributed by atoms with E-state index in [9.17, 15) is 14.4 Å². The number of rotatable bonds is 5. The van der Waals surface area contributed by atoms with Gasteiger partial charge in [0.1, 0.15) is 17.2 Å². The number of pyridine rings is 1. The van der Waals surface area contributed by atoms with Gasteiger partial charge in [0.2, 0.25) is 0 Å². The summed E-state index contributed by atoms with van der Waals surface area (Å²) in [5.74, 6) is 0.643. The number of piperidine rings is 1. The topological polar surface area (TPSA) is 83.1 Å². The van der Waals surface area contributed by atoms with Gasteiger partial charge in [0.05, 0.1) is 12.5 Å². The van der Waals surface area contributed by atoms with E-state index in [1.165, 1.54) is 0 Å². The van der Waals surface area contributed by atoms with Crippen LogP contribution in [0, 0.1) is 5.92 Å². The van der Waals surface area contributed by atoms with Gasteiger partial charge in [-0.1, -0.05) is 6.07 Å². The third-order valence-electron chi connectivity index (χ3n) is 5.86. The summed E-state index contributed by atoms with van der Waals surface area (Å²) < 4.78 is 5.11. The summed E-state index contributed by atoms with van der Waals surface area (Å²) in [6.07, 6.45) is 3.06. The molecular weight excluding hydrogens is 372 g/mol. The summed E-state index contributed by atoms with van der Waals surface area (Å²) in [5.41, 5.74) is 0.286. The quantitative estimate of drug-likeness (QED) is 0.540. The summed E-state index contributed by atoms with van der Waals surface area (Å²) in [4.78, 5) is 47.2. The van der Waals surface area contributed by atoms with Crippen LogP contribution in [0.25, 0.3) is 0 Å². The van der Waals surface area contributed by atoms with Crippen LogP contribution in [0.2, 0.25) is 0 Å². The van der Waals surface area contributed by atoms with Crippen molar-refractivity contribution in [3.63, 3.8) is 0 Å². The van der Waals surface area contributed by atoms with Gasteiger partial charge in [-0.15, -0.1) is 0 Å². The molecule has 0 N–H and O–H groups in total. The summed E-state index contributed by atoms with van der Waals surface area (Å²) in [7, 11) is 0. The minimum Gasteiger partial charge on any atom is -0.466 e. The van der Waals surface area contributed by atoms with Crippen LogP contribution in [-0.4, -0.2) is 56.8 Å². The molecule has 0 radical (unpaired) electrons. The predicted octanol–water partition coefficient (Wildman–Crippen LogP) is 0.784. The van der Waals surface area contributed by atoms with E-state index in [-0.39, 0.29) is 17.3 Å². The maximum atomic E-state index is 12.3. The van der Waals surface area contributed by atoms with Gasteiger partial charge in [0, 0.05) is 45.5 Å². The molecule has 2 aliphatic heterocycles. The first kappa shape index (κ1) is 19.4. The van der Waals surface area contributed by atoms with Crippen molar-refractivity contribution in [3.8, 4) is 0 Å². The molecule has 2 aliphatic rings. The van der Waals surface area contributed by atoms with Gasteiger partial charge < -0.3 is 19.4 Å². The fourth-order valence-electron chi connectivity index (χ4n) is 4.25. The fraction of sp³-hybridized carbons (Fsp3) is 0.524. The summed E-state index contributed by atoms with van der Waals surface area (Å²) in [5, 5.41) is 0. The largest absolute Gasteiger partial charge is 0.466 e. The van der Waals surface area contributed by atoms with Crippen molar-refractivity contribution in [3.05, 3.63) is 44.8 Å². The monoisotopic (exact) mass is 398 g/mol. The predicted molar refractivity (Wildman–Crippen MR) is 112 cm³/mol. The first-order valence-corrected chi connectivity index (χ1v) is 10.3. The number of nitrogens with zero attached hydrogens (tertiary/aromatic N) is 4. The Morgan fingerprint density at radius 1 is 0.966 bits per heavy atom. The molecule has 8 nitrogen and oxygen atoms in total. The summed E-state index contributed by atoms with van der Waals surface area (Å²) >= 11 is 0. The zero-order valence-electron chi connectivity index (χ0n) is 16.7. The average molecular weight is 398 g/mol. The van der Waals surface area contributed by atoms with Gasteiger partial charge in [-0.3, -0.25) is 14.4 Å². The average Bonchev–Trinajstić information content (AvgIpc) is 2.78. The van der Waals surface area contributed by atoms with E-state index in [1.54, 1.807) is 13.1 Å². The normalized spacial score (nSPS) is 18.3. The van der Waals surface area contributed by atoms with Crippen molar-refractivity contribution < 1.29 is 9.53 Å². The molecule has 0 saturated carbocycles. The SMILES string of the molecule is CCOC(=O)C1CCN(c2c(N3CCN(c4ccccn4)CC3)c(=O)c2=O)CC1. The Morgan fingerprint density at radius 2 is 1.55 bits per heavy atom. The highest BCUT2D eigenvalue weighted by molar-refractivity contribution is 5.78. The molecule has 4 rings (SSSR count). The third-order valence-corrected chi connectivity index (χ3v) is 5.86. The van der Waals surface area contributed by atoms with E-state index in [2.05, 4.69) is 9.88 Å². The van der Waals surface area contributed by atoms with Crippen molar-refractivity contribution in [1.82, 2.24) is 4.98 Å². The lowest BCUT2D eigenvalue weighted by molar-refractivity contribution is -0.148. The fourth-order valence-corrected chi connectivity index (χ4v) is 4.25. The lowest BCUT2D eigenvalue weighted by Crippen LogP contribution is -2.54. The van der Waals surface area contributed by atoms with Crippen LogP contribution in [0.3, 0.4) is 0 Å². The van der Waals surface area contributed by atoms with Gasteiger partial charge in [-0.25, -0.2) is 4.98 Å². The molecule has 8 heteroatoms. The van der Waals surface area contributed by atoms with Crippen molar-refractivity contribution in [2.45, 2.75) is 19.8 Å². The minimum atomic E-state index is -0.401. The first-order chi connectivity index (χ1) is 14.1. The molecule has 0 spiro atoms. The number of hydrogen-bond acceptors (Lipinski definition) is 8. The van der Waals surface area contributed by atoms with Gasteiger partial charge in [0.15, 0.2) is 0 Å². The maximum absolute atomic E-state index is 12.3. The van der Waals surface area contributed by atoms with E-state index in [0.717, 1.165) is 18.9 Å². The van der Waals surface area contributed by atoms with Gasteiger partial charge in [0.25, 0.3) is 10.9 Å². The molecule has 0 atom stereocenters. The lowest BCUT2D eigenvalue weighted by atomic mass is 9.95. The Bertz CT molecular complexity index is 922. The number of carbonyl (C=O) groups is 1. The zero-order chi connectivity index (χ0) is 20.4. The second-order valence-corrected chi connectivity index (χ2v) is 7.53. The highest BCUT2D eigenvalue weighted by Crippen LogP contribution is 2.30. The van der Waals surface area contributed by atoms with E-state index < -0.39 is 5.43 Å². The molecule has 3 heterocycles. The van der Waals surface area contributed by atoms with E-state index >= 15 is 0 Å². The first-order valence-electron chi connectivity index (χ1n) is 10.3. The number of anilines is 3. The molecule has 0 amide bonds. The standard InChI is InChI=1S/C21H26N4O4/c1-2-29-21(28)15-6-9-24(10-7-15)17-18(20(27)19(17)26)25-13-11-23(12-14-25)16-5-3-4-8-22-16/h3-5,8,15H,2,6-7,9-14H2,1H3. The highest BCUT2D eigenvalue weighted by Gasteiger charge is 2.34. The lowest BCUT2D eigenvalue weighted by Gasteiger charge is -2.40. The summed E-state index contributed by atoms with van der Waals surface area (Å²) in [6, 6.07) is 5.83. The van der Waals surface area contributed by atoms with Crippen LogP contribution in [0.5, 0.6) is 0 Å². The van der Waals surface area contributed by atoms with Crippen LogP contribution in [0.1, 0.15) is 19.8 Å². The molecule has 29 heavy (non-hydrogen) atoms. The van der Waals surface area contributed by atoms with E-state index in [1.807, 2.05) is 28.0 Å². The Hall–Kier alpha value is -2.90. The smallest absolute Gasteiger partial charge is 0.309 e. The zero-order valence-corrected chi connectivity index (χ0v) is 16.7. The number of ether oxygens (including phenoxy) is 1. The maximum Gasteiger partial charge on any atom is 0.309 e. The van der Waals surface area contributed by atoms with Crippen LogP contribution in [0.4, 0.5) is 17.2 Å². The molecule has 0 aliphatic carbocycles. The number of hydrogen-bond donors (Lipinski definition) is 0. The van der Waals surface area contributed by atoms with Gasteiger partial charge >= 0.3 is 5.97 Å². The Morgan fingerprint density at radius 3 is 2.10 bits per heavy atom. The second kappa shape index (κ2) is 8.23. The van der Waals surface area contributed by atoms with E-state index in [0.29, 0.717) is 57.0 Å². The summed E-state index contributed by atoms with van der Waals surface area (Å²) in [6.45, 7) is 6.22. The third kappa shape index (κ3) is 3.71. The minimum absolute atomic E-state index is 0.122. The van der Waals surface area contributed by atoms with Crippen molar-refractivity contribution in [2.24, 2.45) is 5.92 Å². The van der Waals surface area contributed by atoms with Gasteiger partial charge in [-0.2, -0.15) is 0 Å². The molecule has 1 aromatic heterocycles. The second-order valence-electron chi connectivity index (χ2n) is 7.53. The number of esters is 1. The Labute approximate surface area is 169 Å². The molecule has 2 aromatic rings. The van der Waals surface area contributed by atoms with Crippen molar-refractivity contribution >= 4 is 23.2 Å². The molecule has 0 bridgehead atoms. The molecule has 1 aromatic carbocycles. The Kier molecular flexibility index (Phi) is 5.51. The number of aromatic nitrogens is 1. The van der Waals surface area contributed by atoms with Crippen LogP contribution >= 0.6 is 0 Å². The number of piperazine rings is 1. The van der Waals surface area contributed by atoms with Gasteiger partial charge in [-0.05, 0) is 31.9 Å². The van der Waals surface area contributed by atoms with Crippen LogP contribution in [-0.2, 0) is 9.53 Å². The van der Waals surface area contributed by atoms with Crippen LogP contribution < -0.4 is 25.6 Å². The molecule has 2 saturated heterocycles. The molecular formula is C21H26N4O4. The molecule has 0 unspecified atom stereocenters. The van der Waals surface area contributed by atoms with E-state index in [4.69, 9.17) is 4.74 Å². The molecule has 2 fully saturated rings. The Balaban J connectivity index is 1.41. The van der Waals surface area contributed by atoms with Crippen LogP contribution in [0.15, 0.2) is 34.0 Å². The highest BCUT2D eigenvalue weighted by atomic mass is 16.5. The van der Waals surface area contributed by atoms with Crippen molar-refractivity contribution in [1.29, 1.82) is 0 Å². The number of carbonyl (C=O) groups excluding carboxylic acids is 1. The van der Waals surface area contributed by atoms with Crippen molar-refractivity contribution in [2.75, 3.05) is 60.6 Å². The molecule has 154 valence electrons.